The molecule has 1 fully saturated rings. The number of morpholine rings is 1. The van der Waals surface area contributed by atoms with Crippen molar-refractivity contribution in [2.75, 3.05) is 41.8 Å². The van der Waals surface area contributed by atoms with Gasteiger partial charge < -0.3 is 20.3 Å². The van der Waals surface area contributed by atoms with Crippen molar-refractivity contribution in [3.05, 3.63) is 55.0 Å². The van der Waals surface area contributed by atoms with E-state index in [1.54, 1.807) is 36.3 Å². The maximum absolute atomic E-state index is 12.4. The zero-order valence-corrected chi connectivity index (χ0v) is 16.2. The van der Waals surface area contributed by atoms with Crippen molar-refractivity contribution in [2.45, 2.75) is 13.0 Å². The van der Waals surface area contributed by atoms with Crippen molar-refractivity contribution in [1.82, 2.24) is 20.0 Å². The quantitative estimate of drug-likeness (QED) is 0.664. The molecule has 3 aromatic rings. The van der Waals surface area contributed by atoms with Crippen LogP contribution in [0.3, 0.4) is 0 Å². The van der Waals surface area contributed by atoms with Gasteiger partial charge in [-0.05, 0) is 37.3 Å². The van der Waals surface area contributed by atoms with Crippen LogP contribution >= 0.6 is 0 Å². The number of hydrogen-bond donors (Lipinski definition) is 2. The van der Waals surface area contributed by atoms with E-state index in [1.165, 1.54) is 0 Å². The van der Waals surface area contributed by atoms with Crippen molar-refractivity contribution in [3.63, 3.8) is 0 Å². The van der Waals surface area contributed by atoms with Crippen LogP contribution in [0.5, 0.6) is 0 Å². The summed E-state index contributed by atoms with van der Waals surface area (Å²) in [7, 11) is 0. The number of amides is 1. The average molecular weight is 393 g/mol. The molecule has 4 rings (SSSR count). The molecule has 1 saturated heterocycles. The third-order valence-corrected chi connectivity index (χ3v) is 4.74. The number of carbonyl (C=O) groups excluding carboxylic acids is 1. The summed E-state index contributed by atoms with van der Waals surface area (Å²) in [5.41, 5.74) is 2.59. The molecule has 1 aliphatic heterocycles. The molecule has 9 heteroatoms. The molecule has 0 spiro atoms. The summed E-state index contributed by atoms with van der Waals surface area (Å²) in [4.78, 5) is 14.6. The van der Waals surface area contributed by atoms with Gasteiger partial charge in [-0.1, -0.05) is 0 Å². The lowest BCUT2D eigenvalue weighted by Gasteiger charge is -2.28. The van der Waals surface area contributed by atoms with Crippen LogP contribution in [0, 0.1) is 0 Å². The Labute approximate surface area is 168 Å². The van der Waals surface area contributed by atoms with E-state index in [0.29, 0.717) is 11.5 Å². The van der Waals surface area contributed by atoms with Crippen LogP contribution in [0.4, 0.5) is 22.9 Å². The predicted octanol–water partition coefficient (Wildman–Crippen LogP) is 2.45. The summed E-state index contributed by atoms with van der Waals surface area (Å²) < 4.78 is 7.01. The van der Waals surface area contributed by atoms with E-state index < -0.39 is 0 Å². The van der Waals surface area contributed by atoms with Gasteiger partial charge in [0.15, 0.2) is 5.82 Å². The molecule has 0 aliphatic carbocycles. The van der Waals surface area contributed by atoms with Gasteiger partial charge in [0.05, 0.1) is 25.1 Å². The summed E-state index contributed by atoms with van der Waals surface area (Å²) in [6, 6.07) is 10.8. The number of benzene rings is 1. The largest absolute Gasteiger partial charge is 0.378 e. The highest BCUT2D eigenvalue weighted by Gasteiger charge is 2.15. The molecule has 29 heavy (non-hydrogen) atoms. The number of rotatable bonds is 6. The second-order valence-electron chi connectivity index (χ2n) is 6.75. The summed E-state index contributed by atoms with van der Waals surface area (Å²) in [6.45, 7) is 4.93. The van der Waals surface area contributed by atoms with Crippen LogP contribution < -0.4 is 15.5 Å². The van der Waals surface area contributed by atoms with Crippen LogP contribution in [-0.2, 0) is 9.53 Å². The van der Waals surface area contributed by atoms with Gasteiger partial charge in [-0.3, -0.25) is 9.48 Å². The fourth-order valence-electron chi connectivity index (χ4n) is 3.07. The van der Waals surface area contributed by atoms with Crippen molar-refractivity contribution in [2.24, 2.45) is 0 Å². The van der Waals surface area contributed by atoms with Gasteiger partial charge in [-0.2, -0.15) is 10.2 Å². The van der Waals surface area contributed by atoms with Gasteiger partial charge in [0, 0.05) is 42.9 Å². The van der Waals surface area contributed by atoms with Gasteiger partial charge in [-0.15, -0.1) is 5.10 Å². The molecule has 1 aliphatic rings. The second-order valence-corrected chi connectivity index (χ2v) is 6.75. The van der Waals surface area contributed by atoms with Crippen LogP contribution in [-0.4, -0.2) is 52.2 Å². The number of ether oxygens (including phenoxy) is 1. The van der Waals surface area contributed by atoms with Crippen LogP contribution in [0.15, 0.2) is 55.0 Å². The fraction of sp³-hybridized carbons (Fsp3) is 0.300. The number of carbonyl (C=O) groups is 1. The molecule has 3 heterocycles. The number of nitrogens with zero attached hydrogens (tertiary/aromatic N) is 5. The molecular weight excluding hydrogens is 370 g/mol. The van der Waals surface area contributed by atoms with Gasteiger partial charge >= 0.3 is 0 Å². The maximum Gasteiger partial charge on any atom is 0.248 e. The third kappa shape index (κ3) is 4.69. The monoisotopic (exact) mass is 393 g/mol. The zero-order chi connectivity index (χ0) is 20.1. The minimum Gasteiger partial charge on any atom is -0.378 e. The van der Waals surface area contributed by atoms with E-state index in [-0.39, 0.29) is 11.9 Å². The number of anilines is 4. The number of hydrogen-bond acceptors (Lipinski definition) is 7. The SMILES string of the molecule is CC(C(=O)Nc1ccc(Nc2cc(N3CCOCC3)cnn2)cc1)n1cccn1. The molecule has 1 atom stereocenters. The van der Waals surface area contributed by atoms with Gasteiger partial charge in [0.1, 0.15) is 6.04 Å². The lowest BCUT2D eigenvalue weighted by Crippen LogP contribution is -2.36. The topological polar surface area (TPSA) is 97.2 Å². The van der Waals surface area contributed by atoms with E-state index in [4.69, 9.17) is 4.74 Å². The Morgan fingerprint density at radius 3 is 2.66 bits per heavy atom. The van der Waals surface area contributed by atoms with Crippen molar-refractivity contribution in [3.8, 4) is 0 Å². The average Bonchev–Trinajstić information content (AvgIpc) is 3.30. The van der Waals surface area contributed by atoms with Crippen molar-refractivity contribution < 1.29 is 9.53 Å². The van der Waals surface area contributed by atoms with Gasteiger partial charge in [-0.25, -0.2) is 0 Å². The van der Waals surface area contributed by atoms with Gasteiger partial charge in [0.25, 0.3) is 0 Å². The molecule has 0 radical (unpaired) electrons. The van der Waals surface area contributed by atoms with E-state index >= 15 is 0 Å². The van der Waals surface area contributed by atoms with E-state index in [1.807, 2.05) is 30.3 Å². The highest BCUT2D eigenvalue weighted by molar-refractivity contribution is 5.93. The summed E-state index contributed by atoms with van der Waals surface area (Å²) in [5.74, 6) is 0.538. The molecule has 2 N–H and O–H groups in total. The third-order valence-electron chi connectivity index (χ3n) is 4.74. The molecular formula is C20H23N7O2. The molecule has 1 amide bonds. The predicted molar refractivity (Wildman–Crippen MR) is 110 cm³/mol. The highest BCUT2D eigenvalue weighted by atomic mass is 16.5. The highest BCUT2D eigenvalue weighted by Crippen LogP contribution is 2.22. The lowest BCUT2D eigenvalue weighted by molar-refractivity contribution is -0.119. The maximum atomic E-state index is 12.4. The van der Waals surface area contributed by atoms with Crippen molar-refractivity contribution in [1.29, 1.82) is 0 Å². The zero-order valence-electron chi connectivity index (χ0n) is 16.2. The first-order chi connectivity index (χ1) is 14.2. The Bertz CT molecular complexity index is 938. The van der Waals surface area contributed by atoms with Crippen LogP contribution in [0.2, 0.25) is 0 Å². The molecule has 1 aromatic carbocycles. The Hall–Kier alpha value is -3.46. The van der Waals surface area contributed by atoms with E-state index in [2.05, 4.69) is 30.8 Å². The summed E-state index contributed by atoms with van der Waals surface area (Å²) in [6.07, 6.45) is 5.18. The minimum atomic E-state index is -0.388. The van der Waals surface area contributed by atoms with E-state index in [0.717, 1.165) is 37.7 Å². The Morgan fingerprint density at radius 2 is 1.93 bits per heavy atom. The normalized spacial score (nSPS) is 15.0. The summed E-state index contributed by atoms with van der Waals surface area (Å²) in [5, 5.41) is 18.5. The van der Waals surface area contributed by atoms with Crippen LogP contribution in [0.1, 0.15) is 13.0 Å². The molecule has 0 bridgehead atoms. The second kappa shape index (κ2) is 8.70. The molecule has 9 nitrogen and oxygen atoms in total. The van der Waals surface area contributed by atoms with E-state index in [9.17, 15) is 4.79 Å². The van der Waals surface area contributed by atoms with Crippen molar-refractivity contribution >= 4 is 28.8 Å². The fourth-order valence-corrected chi connectivity index (χ4v) is 3.07. The summed E-state index contributed by atoms with van der Waals surface area (Å²) >= 11 is 0. The first kappa shape index (κ1) is 18.9. The molecule has 0 saturated carbocycles. The standard InChI is InChI=1S/C20H23N7O2/c1-15(27-8-2-7-22-27)20(28)24-17-5-3-16(4-6-17)23-19-13-18(14-21-25-19)26-9-11-29-12-10-26/h2-8,13-15H,9-12H2,1H3,(H,23,25)(H,24,28). The first-order valence-electron chi connectivity index (χ1n) is 9.51. The number of nitrogens with one attached hydrogen (secondary N) is 2. The Balaban J connectivity index is 1.37. The molecule has 2 aromatic heterocycles. The Morgan fingerprint density at radius 1 is 1.17 bits per heavy atom. The first-order valence-corrected chi connectivity index (χ1v) is 9.51. The molecule has 1 unspecified atom stereocenters. The van der Waals surface area contributed by atoms with Gasteiger partial charge in [0.2, 0.25) is 5.91 Å². The Kier molecular flexibility index (Phi) is 5.66. The minimum absolute atomic E-state index is 0.126. The lowest BCUT2D eigenvalue weighted by atomic mass is 10.2. The van der Waals surface area contributed by atoms with Crippen LogP contribution in [0.25, 0.3) is 0 Å². The smallest absolute Gasteiger partial charge is 0.248 e. The molecule has 150 valence electrons. The number of aromatic nitrogens is 4.